The van der Waals surface area contributed by atoms with Crippen LogP contribution in [0.15, 0.2) is 24.3 Å². The number of hydrogen-bond donors (Lipinski definition) is 0. The number of methoxy groups -OCH3 is 2. The second kappa shape index (κ2) is 9.93. The molecule has 1 aliphatic rings. The summed E-state index contributed by atoms with van der Waals surface area (Å²) in [6.45, 7) is 6.94. The summed E-state index contributed by atoms with van der Waals surface area (Å²) in [6, 6.07) is 8.58. The average Bonchev–Trinajstić information content (AvgIpc) is 2.67. The van der Waals surface area contributed by atoms with E-state index in [1.54, 1.807) is 14.2 Å². The highest BCUT2D eigenvalue weighted by Gasteiger charge is 2.42. The molecule has 26 heavy (non-hydrogen) atoms. The standard InChI is InChI=1S/C21H33NO4/c1-5-26-20(23)21(12-15-24-3)10-13-22(14-11-21)17(2)16-18-8-6-7-9-19(18)25-4/h6-9,17H,5,10-16H2,1-4H3/t17-/m0/s1. The summed E-state index contributed by atoms with van der Waals surface area (Å²) in [6.07, 6.45) is 3.32. The Bertz CT molecular complexity index is 567. The van der Waals surface area contributed by atoms with Gasteiger partial charge < -0.3 is 19.1 Å². The maximum Gasteiger partial charge on any atom is 0.312 e. The monoisotopic (exact) mass is 363 g/mol. The van der Waals surface area contributed by atoms with E-state index in [-0.39, 0.29) is 5.97 Å². The Kier molecular flexibility index (Phi) is 7.91. The van der Waals surface area contributed by atoms with Crippen molar-refractivity contribution in [1.29, 1.82) is 0 Å². The van der Waals surface area contributed by atoms with E-state index in [1.807, 2.05) is 19.1 Å². The summed E-state index contributed by atoms with van der Waals surface area (Å²) in [5, 5.41) is 0. The second-order valence-electron chi connectivity index (χ2n) is 7.14. The Morgan fingerprint density at radius 1 is 1.23 bits per heavy atom. The van der Waals surface area contributed by atoms with E-state index in [9.17, 15) is 4.79 Å². The van der Waals surface area contributed by atoms with Crippen LogP contribution in [-0.4, -0.2) is 57.4 Å². The lowest BCUT2D eigenvalue weighted by molar-refractivity contribution is -0.160. The van der Waals surface area contributed by atoms with Gasteiger partial charge in [0.1, 0.15) is 5.75 Å². The minimum atomic E-state index is -0.396. The van der Waals surface area contributed by atoms with Crippen LogP contribution in [0.3, 0.4) is 0 Å². The molecular weight excluding hydrogens is 330 g/mol. The number of rotatable bonds is 9. The fourth-order valence-corrected chi connectivity index (χ4v) is 3.85. The SMILES string of the molecule is CCOC(=O)C1(CCOC)CCN([C@@H](C)Cc2ccccc2OC)CC1. The molecule has 0 unspecified atom stereocenters. The van der Waals surface area contributed by atoms with Crippen LogP contribution in [0, 0.1) is 5.41 Å². The zero-order valence-electron chi connectivity index (χ0n) is 16.6. The highest BCUT2D eigenvalue weighted by atomic mass is 16.5. The molecule has 0 aromatic heterocycles. The van der Waals surface area contributed by atoms with Crippen LogP contribution >= 0.6 is 0 Å². The molecule has 0 bridgehead atoms. The number of ether oxygens (including phenoxy) is 3. The molecule has 1 atom stereocenters. The lowest BCUT2D eigenvalue weighted by Gasteiger charge is -2.42. The van der Waals surface area contributed by atoms with Crippen molar-refractivity contribution in [1.82, 2.24) is 4.90 Å². The molecule has 1 aromatic carbocycles. The third-order valence-corrected chi connectivity index (χ3v) is 5.58. The van der Waals surface area contributed by atoms with Gasteiger partial charge >= 0.3 is 5.97 Å². The van der Waals surface area contributed by atoms with Crippen LogP contribution in [0.5, 0.6) is 5.75 Å². The lowest BCUT2D eigenvalue weighted by Crippen LogP contribution is -2.48. The van der Waals surface area contributed by atoms with Crippen molar-refractivity contribution < 1.29 is 19.0 Å². The maximum absolute atomic E-state index is 12.6. The molecule has 1 aromatic rings. The molecule has 5 nitrogen and oxygen atoms in total. The Balaban J connectivity index is 1.99. The number of para-hydroxylation sites is 1. The third-order valence-electron chi connectivity index (χ3n) is 5.58. The Hall–Kier alpha value is -1.59. The fraction of sp³-hybridized carbons (Fsp3) is 0.667. The van der Waals surface area contributed by atoms with E-state index in [0.717, 1.165) is 44.5 Å². The minimum absolute atomic E-state index is 0.0610. The van der Waals surface area contributed by atoms with Gasteiger partial charge in [-0.1, -0.05) is 18.2 Å². The third kappa shape index (κ3) is 4.98. The van der Waals surface area contributed by atoms with Crippen LogP contribution in [0.4, 0.5) is 0 Å². The van der Waals surface area contributed by atoms with Gasteiger partial charge in [0.25, 0.3) is 0 Å². The summed E-state index contributed by atoms with van der Waals surface area (Å²) >= 11 is 0. The molecular formula is C21H33NO4. The number of benzene rings is 1. The van der Waals surface area contributed by atoms with E-state index >= 15 is 0 Å². The van der Waals surface area contributed by atoms with Crippen molar-refractivity contribution in [3.63, 3.8) is 0 Å². The molecule has 0 N–H and O–H groups in total. The molecule has 5 heteroatoms. The van der Waals surface area contributed by atoms with E-state index in [4.69, 9.17) is 14.2 Å². The van der Waals surface area contributed by atoms with Crippen LogP contribution < -0.4 is 4.74 Å². The van der Waals surface area contributed by atoms with Gasteiger partial charge in [-0.05, 0) is 64.3 Å². The number of nitrogens with zero attached hydrogens (tertiary/aromatic N) is 1. The number of piperidine rings is 1. The van der Waals surface area contributed by atoms with E-state index < -0.39 is 5.41 Å². The number of likely N-dealkylation sites (tertiary alicyclic amines) is 1. The first-order valence-corrected chi connectivity index (χ1v) is 9.58. The Morgan fingerprint density at radius 2 is 1.92 bits per heavy atom. The van der Waals surface area contributed by atoms with Gasteiger partial charge in [0.2, 0.25) is 0 Å². The van der Waals surface area contributed by atoms with Crippen molar-refractivity contribution in [2.75, 3.05) is 40.5 Å². The first kappa shape index (κ1) is 20.7. The number of carbonyl (C=O) groups is 1. The van der Waals surface area contributed by atoms with Crippen molar-refractivity contribution in [3.05, 3.63) is 29.8 Å². The number of carbonyl (C=O) groups excluding carboxylic acids is 1. The zero-order chi connectivity index (χ0) is 19.0. The first-order chi connectivity index (χ1) is 12.6. The summed E-state index contributed by atoms with van der Waals surface area (Å²) in [4.78, 5) is 15.0. The smallest absolute Gasteiger partial charge is 0.312 e. The summed E-state index contributed by atoms with van der Waals surface area (Å²) in [5.74, 6) is 0.881. The zero-order valence-corrected chi connectivity index (χ0v) is 16.6. The van der Waals surface area contributed by atoms with Gasteiger partial charge in [-0.2, -0.15) is 0 Å². The fourth-order valence-electron chi connectivity index (χ4n) is 3.85. The molecule has 146 valence electrons. The molecule has 0 saturated carbocycles. The number of hydrogen-bond acceptors (Lipinski definition) is 5. The predicted molar refractivity (Wildman–Crippen MR) is 103 cm³/mol. The normalized spacial score (nSPS) is 18.3. The molecule has 1 heterocycles. The quantitative estimate of drug-likeness (QED) is 0.630. The summed E-state index contributed by atoms with van der Waals surface area (Å²) in [5.41, 5.74) is 0.830. The van der Waals surface area contributed by atoms with Crippen LogP contribution in [0.25, 0.3) is 0 Å². The van der Waals surface area contributed by atoms with Crippen molar-refractivity contribution in [2.24, 2.45) is 5.41 Å². The second-order valence-corrected chi connectivity index (χ2v) is 7.14. The maximum atomic E-state index is 12.6. The summed E-state index contributed by atoms with van der Waals surface area (Å²) in [7, 11) is 3.40. The van der Waals surface area contributed by atoms with Crippen molar-refractivity contribution in [2.45, 2.75) is 45.6 Å². The molecule has 0 aliphatic carbocycles. The highest BCUT2D eigenvalue weighted by Crippen LogP contribution is 2.37. The molecule has 1 aliphatic heterocycles. The molecule has 1 saturated heterocycles. The Labute approximate surface area is 157 Å². The largest absolute Gasteiger partial charge is 0.496 e. The van der Waals surface area contributed by atoms with Crippen molar-refractivity contribution in [3.8, 4) is 5.75 Å². The Morgan fingerprint density at radius 3 is 2.54 bits per heavy atom. The van der Waals surface area contributed by atoms with Crippen LogP contribution in [-0.2, 0) is 20.7 Å². The molecule has 1 fully saturated rings. The van der Waals surface area contributed by atoms with Crippen LogP contribution in [0.1, 0.15) is 38.7 Å². The lowest BCUT2D eigenvalue weighted by atomic mass is 9.75. The van der Waals surface area contributed by atoms with Crippen LogP contribution in [0.2, 0.25) is 0 Å². The first-order valence-electron chi connectivity index (χ1n) is 9.58. The van der Waals surface area contributed by atoms with Gasteiger partial charge in [-0.15, -0.1) is 0 Å². The van der Waals surface area contributed by atoms with Gasteiger partial charge in [0.15, 0.2) is 0 Å². The minimum Gasteiger partial charge on any atom is -0.496 e. The average molecular weight is 363 g/mol. The van der Waals surface area contributed by atoms with Gasteiger partial charge in [0.05, 0.1) is 19.1 Å². The van der Waals surface area contributed by atoms with E-state index in [0.29, 0.717) is 19.3 Å². The van der Waals surface area contributed by atoms with Gasteiger partial charge in [-0.3, -0.25) is 4.79 Å². The molecule has 0 radical (unpaired) electrons. The van der Waals surface area contributed by atoms with E-state index in [2.05, 4.69) is 24.0 Å². The predicted octanol–water partition coefficient (Wildman–Crippen LogP) is 3.31. The van der Waals surface area contributed by atoms with Gasteiger partial charge in [0, 0.05) is 19.8 Å². The van der Waals surface area contributed by atoms with Gasteiger partial charge in [-0.25, -0.2) is 0 Å². The summed E-state index contributed by atoms with van der Waals surface area (Å²) < 4.78 is 16.1. The molecule has 0 amide bonds. The topological polar surface area (TPSA) is 48.0 Å². The number of esters is 1. The van der Waals surface area contributed by atoms with E-state index in [1.165, 1.54) is 5.56 Å². The molecule has 2 rings (SSSR count). The van der Waals surface area contributed by atoms with Crippen molar-refractivity contribution >= 4 is 5.97 Å². The molecule has 0 spiro atoms. The highest BCUT2D eigenvalue weighted by molar-refractivity contribution is 5.77.